The van der Waals surface area contributed by atoms with Gasteiger partial charge in [0.1, 0.15) is 5.76 Å². The molecule has 5 nitrogen and oxygen atoms in total. The van der Waals surface area contributed by atoms with Gasteiger partial charge in [-0.15, -0.1) is 0 Å². The van der Waals surface area contributed by atoms with Crippen molar-refractivity contribution in [2.75, 3.05) is 26.7 Å². The summed E-state index contributed by atoms with van der Waals surface area (Å²) in [7, 11) is 2.13. The highest BCUT2D eigenvalue weighted by molar-refractivity contribution is 5.76. The van der Waals surface area contributed by atoms with Crippen LogP contribution in [0, 0.1) is 13.8 Å². The molecule has 1 unspecified atom stereocenters. The van der Waals surface area contributed by atoms with Crippen LogP contribution in [-0.4, -0.2) is 47.5 Å². The molecule has 0 radical (unpaired) electrons. The highest BCUT2D eigenvalue weighted by atomic mass is 16.5. The van der Waals surface area contributed by atoms with Crippen LogP contribution in [-0.2, 0) is 11.2 Å². The molecule has 1 amide bonds. The number of amides is 1. The summed E-state index contributed by atoms with van der Waals surface area (Å²) < 4.78 is 5.18. The molecule has 1 aromatic heterocycles. The third kappa shape index (κ3) is 3.51. The van der Waals surface area contributed by atoms with Crippen molar-refractivity contribution in [3.63, 3.8) is 0 Å². The third-order valence-corrected chi connectivity index (χ3v) is 4.96. The fraction of sp³-hybridized carbons (Fsp3) is 0.474. The first kappa shape index (κ1) is 16.7. The van der Waals surface area contributed by atoms with Gasteiger partial charge in [-0.05, 0) is 32.9 Å². The van der Waals surface area contributed by atoms with Crippen molar-refractivity contribution in [2.24, 2.45) is 0 Å². The molecule has 24 heavy (non-hydrogen) atoms. The minimum Gasteiger partial charge on any atom is -0.361 e. The molecule has 128 valence electrons. The second-order valence-corrected chi connectivity index (χ2v) is 6.55. The molecule has 1 saturated heterocycles. The predicted octanol–water partition coefficient (Wildman–Crippen LogP) is 2.74. The number of likely N-dealkylation sites (N-methyl/N-ethyl adjacent to an activating group) is 1. The lowest BCUT2D eigenvalue weighted by Crippen LogP contribution is -2.49. The zero-order chi connectivity index (χ0) is 17.1. The molecule has 0 saturated carbocycles. The van der Waals surface area contributed by atoms with E-state index in [4.69, 9.17) is 4.52 Å². The Hall–Kier alpha value is -2.14. The van der Waals surface area contributed by atoms with E-state index in [1.807, 2.05) is 24.8 Å². The lowest BCUT2D eigenvalue weighted by molar-refractivity contribution is -0.134. The van der Waals surface area contributed by atoms with E-state index in [1.54, 1.807) is 0 Å². The SMILES string of the molecule is Cc1noc(C)c1CCC(=O)N1CCN(C)C(c2ccccc2)C1. The van der Waals surface area contributed by atoms with Crippen LogP contribution in [0.4, 0.5) is 0 Å². The van der Waals surface area contributed by atoms with Crippen LogP contribution >= 0.6 is 0 Å². The Morgan fingerprint density at radius 3 is 2.67 bits per heavy atom. The summed E-state index contributed by atoms with van der Waals surface area (Å²) in [5.41, 5.74) is 3.22. The summed E-state index contributed by atoms with van der Waals surface area (Å²) in [6.07, 6.45) is 1.20. The maximum Gasteiger partial charge on any atom is 0.223 e. The van der Waals surface area contributed by atoms with E-state index in [0.29, 0.717) is 12.8 Å². The van der Waals surface area contributed by atoms with Crippen LogP contribution in [0.15, 0.2) is 34.9 Å². The lowest BCUT2D eigenvalue weighted by Gasteiger charge is -2.39. The van der Waals surface area contributed by atoms with Crippen LogP contribution in [0.5, 0.6) is 0 Å². The van der Waals surface area contributed by atoms with Gasteiger partial charge >= 0.3 is 0 Å². The summed E-state index contributed by atoms with van der Waals surface area (Å²) in [6.45, 7) is 6.27. The number of benzene rings is 1. The van der Waals surface area contributed by atoms with E-state index in [-0.39, 0.29) is 11.9 Å². The van der Waals surface area contributed by atoms with E-state index in [1.165, 1.54) is 5.56 Å². The van der Waals surface area contributed by atoms with Crippen LogP contribution in [0.25, 0.3) is 0 Å². The minimum absolute atomic E-state index is 0.212. The second kappa shape index (κ2) is 7.18. The first-order valence-electron chi connectivity index (χ1n) is 8.51. The van der Waals surface area contributed by atoms with Crippen LogP contribution < -0.4 is 0 Å². The number of rotatable bonds is 4. The zero-order valence-electron chi connectivity index (χ0n) is 14.7. The number of nitrogens with zero attached hydrogens (tertiary/aromatic N) is 3. The quantitative estimate of drug-likeness (QED) is 0.866. The molecule has 1 atom stereocenters. The smallest absolute Gasteiger partial charge is 0.223 e. The van der Waals surface area contributed by atoms with E-state index >= 15 is 0 Å². The summed E-state index contributed by atoms with van der Waals surface area (Å²) in [5.74, 6) is 1.03. The third-order valence-electron chi connectivity index (χ3n) is 4.96. The number of piperazine rings is 1. The van der Waals surface area contributed by atoms with Gasteiger partial charge < -0.3 is 9.42 Å². The number of carbonyl (C=O) groups excluding carboxylic acids is 1. The first-order valence-corrected chi connectivity index (χ1v) is 8.51. The Labute approximate surface area is 143 Å². The largest absolute Gasteiger partial charge is 0.361 e. The van der Waals surface area contributed by atoms with Gasteiger partial charge in [0.25, 0.3) is 0 Å². The van der Waals surface area contributed by atoms with E-state index in [0.717, 1.165) is 36.7 Å². The van der Waals surface area contributed by atoms with Crippen molar-refractivity contribution < 1.29 is 9.32 Å². The number of aromatic nitrogens is 1. The topological polar surface area (TPSA) is 49.6 Å². The predicted molar refractivity (Wildman–Crippen MR) is 92.7 cm³/mol. The van der Waals surface area contributed by atoms with E-state index in [2.05, 4.69) is 41.4 Å². The Bertz CT molecular complexity index is 676. The fourth-order valence-corrected chi connectivity index (χ4v) is 3.38. The number of hydrogen-bond donors (Lipinski definition) is 0. The maximum atomic E-state index is 12.7. The van der Waals surface area contributed by atoms with Gasteiger partial charge in [-0.25, -0.2) is 0 Å². The normalized spacial score (nSPS) is 18.8. The number of hydrogen-bond acceptors (Lipinski definition) is 4. The van der Waals surface area contributed by atoms with Gasteiger partial charge in [0.15, 0.2) is 0 Å². The maximum absolute atomic E-state index is 12.7. The van der Waals surface area contributed by atoms with Crippen LogP contribution in [0.3, 0.4) is 0 Å². The van der Waals surface area contributed by atoms with Gasteiger partial charge in [0, 0.05) is 31.6 Å². The zero-order valence-corrected chi connectivity index (χ0v) is 14.7. The summed E-state index contributed by atoms with van der Waals surface area (Å²) in [4.78, 5) is 17.0. The monoisotopic (exact) mass is 327 g/mol. The molecule has 1 aromatic carbocycles. The summed E-state index contributed by atoms with van der Waals surface area (Å²) in [5, 5.41) is 3.96. The molecule has 0 bridgehead atoms. The molecule has 2 heterocycles. The average molecular weight is 327 g/mol. The number of carbonyl (C=O) groups is 1. The minimum atomic E-state index is 0.212. The molecule has 0 aliphatic carbocycles. The van der Waals surface area contributed by atoms with Gasteiger partial charge in [0.2, 0.25) is 5.91 Å². The Morgan fingerprint density at radius 1 is 1.25 bits per heavy atom. The standard InChI is InChI=1S/C19H25N3O2/c1-14-17(15(2)24-20-14)9-10-19(23)22-12-11-21(3)18(13-22)16-7-5-4-6-8-16/h4-8,18H,9-13H2,1-3H3. The lowest BCUT2D eigenvalue weighted by atomic mass is 10.0. The Morgan fingerprint density at radius 2 is 2.00 bits per heavy atom. The molecule has 0 N–H and O–H groups in total. The average Bonchev–Trinajstić information content (AvgIpc) is 2.92. The Kier molecular flexibility index (Phi) is 5.00. The van der Waals surface area contributed by atoms with Crippen molar-refractivity contribution >= 4 is 5.91 Å². The summed E-state index contributed by atoms with van der Waals surface area (Å²) in [6, 6.07) is 10.7. The molecule has 1 aliphatic heterocycles. The van der Waals surface area contributed by atoms with Crippen molar-refractivity contribution in [2.45, 2.75) is 32.7 Å². The molecule has 5 heteroatoms. The van der Waals surface area contributed by atoms with E-state index < -0.39 is 0 Å². The highest BCUT2D eigenvalue weighted by Crippen LogP contribution is 2.24. The van der Waals surface area contributed by atoms with Crippen molar-refractivity contribution in [3.05, 3.63) is 52.9 Å². The molecule has 3 rings (SSSR count). The van der Waals surface area contributed by atoms with Gasteiger partial charge in [-0.1, -0.05) is 35.5 Å². The van der Waals surface area contributed by atoms with E-state index in [9.17, 15) is 4.79 Å². The fourth-order valence-electron chi connectivity index (χ4n) is 3.38. The Balaban J connectivity index is 1.63. The first-order chi connectivity index (χ1) is 11.6. The van der Waals surface area contributed by atoms with Crippen molar-refractivity contribution in [1.82, 2.24) is 15.0 Å². The molecule has 1 fully saturated rings. The summed E-state index contributed by atoms with van der Waals surface area (Å²) >= 11 is 0. The molecular formula is C19H25N3O2. The van der Waals surface area contributed by atoms with Gasteiger partial charge in [-0.2, -0.15) is 0 Å². The molecule has 0 spiro atoms. The van der Waals surface area contributed by atoms with Crippen LogP contribution in [0.2, 0.25) is 0 Å². The molecule has 2 aromatic rings. The molecular weight excluding hydrogens is 302 g/mol. The van der Waals surface area contributed by atoms with Gasteiger partial charge in [0.05, 0.1) is 11.7 Å². The van der Waals surface area contributed by atoms with Crippen molar-refractivity contribution in [3.8, 4) is 0 Å². The number of aryl methyl sites for hydroxylation is 2. The highest BCUT2D eigenvalue weighted by Gasteiger charge is 2.28. The molecule has 1 aliphatic rings. The van der Waals surface area contributed by atoms with Crippen LogP contribution in [0.1, 0.15) is 35.0 Å². The van der Waals surface area contributed by atoms with Crippen molar-refractivity contribution in [1.29, 1.82) is 0 Å². The van der Waals surface area contributed by atoms with Gasteiger partial charge in [-0.3, -0.25) is 9.69 Å². The second-order valence-electron chi connectivity index (χ2n) is 6.55.